The molecule has 0 atom stereocenters. The number of nitro benzene ring substituents is 1. The van der Waals surface area contributed by atoms with E-state index in [1.54, 1.807) is 6.92 Å². The number of carbonyl (C=O) groups excluding carboxylic acids is 1. The van der Waals surface area contributed by atoms with Gasteiger partial charge in [0.1, 0.15) is 5.69 Å². The van der Waals surface area contributed by atoms with Crippen LogP contribution in [0.4, 0.5) is 11.4 Å². The lowest BCUT2D eigenvalue weighted by Crippen LogP contribution is -2.17. The highest BCUT2D eigenvalue weighted by molar-refractivity contribution is 7.99. The number of H-pyrrole nitrogens is 1. The van der Waals surface area contributed by atoms with Gasteiger partial charge in [0.05, 0.1) is 10.7 Å². The van der Waals surface area contributed by atoms with E-state index < -0.39 is 4.92 Å². The van der Waals surface area contributed by atoms with E-state index in [1.807, 2.05) is 0 Å². The van der Waals surface area contributed by atoms with Crippen LogP contribution in [0.1, 0.15) is 11.3 Å². The zero-order chi connectivity index (χ0) is 17.0. The maximum atomic E-state index is 11.9. The Kier molecular flexibility index (Phi) is 5.06. The van der Waals surface area contributed by atoms with Crippen molar-refractivity contribution in [3.8, 4) is 0 Å². The predicted molar refractivity (Wildman–Crippen MR) is 84.6 cm³/mol. The zero-order valence-corrected chi connectivity index (χ0v) is 13.1. The number of aryl methyl sites for hydroxylation is 2. The van der Waals surface area contributed by atoms with Crippen molar-refractivity contribution < 1.29 is 9.72 Å². The van der Waals surface area contributed by atoms with E-state index >= 15 is 0 Å². The summed E-state index contributed by atoms with van der Waals surface area (Å²) in [4.78, 5) is 36.0. The summed E-state index contributed by atoms with van der Waals surface area (Å²) in [5, 5.41) is 21.0. The van der Waals surface area contributed by atoms with Gasteiger partial charge in [-0.2, -0.15) is 0 Å². The number of rotatable bonds is 5. The fraction of sp³-hybridized carbons (Fsp3) is 0.231. The number of aromatic amines is 1. The third-order valence-electron chi connectivity index (χ3n) is 2.87. The van der Waals surface area contributed by atoms with E-state index in [-0.39, 0.29) is 33.8 Å². The van der Waals surface area contributed by atoms with Gasteiger partial charge in [-0.1, -0.05) is 11.8 Å². The molecule has 0 spiro atoms. The molecule has 1 aromatic heterocycles. The van der Waals surface area contributed by atoms with Gasteiger partial charge in [-0.15, -0.1) is 10.2 Å². The van der Waals surface area contributed by atoms with Crippen LogP contribution in [0, 0.1) is 24.0 Å². The van der Waals surface area contributed by atoms with Crippen molar-refractivity contribution >= 4 is 29.0 Å². The molecule has 2 rings (SSSR count). The van der Waals surface area contributed by atoms with Gasteiger partial charge >= 0.3 is 0 Å². The Balaban J connectivity index is 1.98. The van der Waals surface area contributed by atoms with Crippen molar-refractivity contribution in [2.24, 2.45) is 0 Å². The van der Waals surface area contributed by atoms with Crippen molar-refractivity contribution in [1.29, 1.82) is 0 Å². The molecule has 0 saturated heterocycles. The first-order chi connectivity index (χ1) is 10.9. The monoisotopic (exact) mass is 335 g/mol. The lowest BCUT2D eigenvalue weighted by molar-refractivity contribution is -0.384. The molecule has 0 aliphatic rings. The molecule has 1 amide bonds. The van der Waals surface area contributed by atoms with Gasteiger partial charge in [0.15, 0.2) is 5.16 Å². The van der Waals surface area contributed by atoms with Crippen LogP contribution < -0.4 is 10.9 Å². The molecular formula is C13H13N5O4S. The second-order valence-corrected chi connectivity index (χ2v) is 5.60. The van der Waals surface area contributed by atoms with Gasteiger partial charge in [0.25, 0.3) is 11.2 Å². The summed E-state index contributed by atoms with van der Waals surface area (Å²) >= 11 is 1.04. The molecule has 10 heteroatoms. The van der Waals surface area contributed by atoms with Gasteiger partial charge in [0, 0.05) is 17.8 Å². The summed E-state index contributed by atoms with van der Waals surface area (Å²) in [6.45, 7) is 3.20. The van der Waals surface area contributed by atoms with E-state index in [1.165, 1.54) is 25.1 Å². The average Bonchev–Trinajstić information content (AvgIpc) is 2.50. The van der Waals surface area contributed by atoms with Crippen molar-refractivity contribution in [1.82, 2.24) is 15.2 Å². The Bertz CT molecular complexity index is 820. The van der Waals surface area contributed by atoms with Gasteiger partial charge in [-0.3, -0.25) is 24.7 Å². The highest BCUT2D eigenvalue weighted by Crippen LogP contribution is 2.21. The topological polar surface area (TPSA) is 131 Å². The first-order valence-corrected chi connectivity index (χ1v) is 7.46. The van der Waals surface area contributed by atoms with E-state index in [0.29, 0.717) is 11.3 Å². The molecule has 2 aromatic rings. The number of hydrogen-bond donors (Lipinski definition) is 2. The van der Waals surface area contributed by atoms with Crippen molar-refractivity contribution in [3.05, 3.63) is 49.9 Å². The van der Waals surface area contributed by atoms with Gasteiger partial charge in [-0.25, -0.2) is 0 Å². The normalized spacial score (nSPS) is 10.3. The molecule has 0 aliphatic heterocycles. The number of amides is 1. The van der Waals surface area contributed by atoms with Crippen LogP contribution >= 0.6 is 11.8 Å². The van der Waals surface area contributed by atoms with E-state index in [9.17, 15) is 19.7 Å². The number of nitrogens with zero attached hydrogens (tertiary/aromatic N) is 3. The number of non-ortho nitro benzene ring substituents is 1. The molecule has 0 fully saturated rings. The summed E-state index contributed by atoms with van der Waals surface area (Å²) in [6, 6.07) is 4.17. The van der Waals surface area contributed by atoms with Crippen LogP contribution in [0.2, 0.25) is 0 Å². The average molecular weight is 335 g/mol. The summed E-state index contributed by atoms with van der Waals surface area (Å²) in [5.41, 5.74) is 0.933. The Morgan fingerprint density at radius 2 is 2.13 bits per heavy atom. The van der Waals surface area contributed by atoms with Crippen molar-refractivity contribution in [2.45, 2.75) is 19.0 Å². The Labute approximate surface area is 134 Å². The molecule has 23 heavy (non-hydrogen) atoms. The summed E-state index contributed by atoms with van der Waals surface area (Å²) in [6.07, 6.45) is 0. The highest BCUT2D eigenvalue weighted by Gasteiger charge is 2.11. The van der Waals surface area contributed by atoms with Crippen LogP contribution in [0.25, 0.3) is 0 Å². The fourth-order valence-corrected chi connectivity index (χ4v) is 2.27. The molecular weight excluding hydrogens is 322 g/mol. The number of benzene rings is 1. The standard InChI is InChI=1S/C13H13N5O4S/c1-7-5-9(18(21)22)3-4-10(7)14-11(19)6-23-13-15-12(20)8(2)16-17-13/h3-5H,6H2,1-2H3,(H,14,19)(H,15,17,20). The van der Waals surface area contributed by atoms with Crippen LogP contribution in [-0.2, 0) is 4.79 Å². The zero-order valence-electron chi connectivity index (χ0n) is 12.3. The lowest BCUT2D eigenvalue weighted by atomic mass is 10.2. The SMILES string of the molecule is Cc1cc([N+](=O)[O-])ccc1NC(=O)CSc1nnc(C)c(=O)[nH]1. The number of nitrogens with one attached hydrogen (secondary N) is 2. The Morgan fingerprint density at radius 3 is 2.74 bits per heavy atom. The van der Waals surface area contributed by atoms with Crippen LogP contribution in [0.3, 0.4) is 0 Å². The van der Waals surface area contributed by atoms with Gasteiger partial charge < -0.3 is 5.32 Å². The number of carbonyl (C=O) groups is 1. The minimum Gasteiger partial charge on any atom is -0.325 e. The van der Waals surface area contributed by atoms with E-state index in [2.05, 4.69) is 20.5 Å². The maximum Gasteiger partial charge on any atom is 0.273 e. The molecule has 0 bridgehead atoms. The van der Waals surface area contributed by atoms with Crippen LogP contribution in [-0.4, -0.2) is 31.8 Å². The lowest BCUT2D eigenvalue weighted by Gasteiger charge is -2.07. The molecule has 1 heterocycles. The molecule has 120 valence electrons. The molecule has 0 saturated carbocycles. The van der Waals surface area contributed by atoms with Gasteiger partial charge in [-0.05, 0) is 25.5 Å². The second kappa shape index (κ2) is 7.01. The number of nitro groups is 1. The van der Waals surface area contributed by atoms with Gasteiger partial charge in [0.2, 0.25) is 5.91 Å². The molecule has 2 N–H and O–H groups in total. The summed E-state index contributed by atoms with van der Waals surface area (Å²) < 4.78 is 0. The molecule has 0 unspecified atom stereocenters. The minimum atomic E-state index is -0.499. The number of hydrogen-bond acceptors (Lipinski definition) is 7. The molecule has 1 aromatic carbocycles. The largest absolute Gasteiger partial charge is 0.325 e. The van der Waals surface area contributed by atoms with Crippen molar-refractivity contribution in [2.75, 3.05) is 11.1 Å². The Morgan fingerprint density at radius 1 is 1.39 bits per heavy atom. The second-order valence-electron chi connectivity index (χ2n) is 4.64. The number of aromatic nitrogens is 3. The predicted octanol–water partition coefficient (Wildman–Crippen LogP) is 1.42. The third kappa shape index (κ3) is 4.36. The first-order valence-electron chi connectivity index (χ1n) is 6.48. The third-order valence-corrected chi connectivity index (χ3v) is 3.74. The first kappa shape index (κ1) is 16.6. The fourth-order valence-electron chi connectivity index (χ4n) is 1.67. The Hall–Kier alpha value is -2.75. The van der Waals surface area contributed by atoms with E-state index in [0.717, 1.165) is 11.8 Å². The maximum absolute atomic E-state index is 11.9. The minimum absolute atomic E-state index is 0.0180. The highest BCUT2D eigenvalue weighted by atomic mass is 32.2. The molecule has 0 aliphatic carbocycles. The van der Waals surface area contributed by atoms with Crippen LogP contribution in [0.15, 0.2) is 28.2 Å². The number of thioether (sulfide) groups is 1. The summed E-state index contributed by atoms with van der Waals surface area (Å²) in [5.74, 6) is -0.306. The smallest absolute Gasteiger partial charge is 0.273 e. The van der Waals surface area contributed by atoms with Crippen LogP contribution in [0.5, 0.6) is 0 Å². The summed E-state index contributed by atoms with van der Waals surface area (Å²) in [7, 11) is 0. The van der Waals surface area contributed by atoms with E-state index in [4.69, 9.17) is 0 Å². The number of anilines is 1. The van der Waals surface area contributed by atoms with Crippen molar-refractivity contribution in [3.63, 3.8) is 0 Å². The molecule has 9 nitrogen and oxygen atoms in total. The quantitative estimate of drug-likeness (QED) is 0.480. The molecule has 0 radical (unpaired) electrons.